The zero-order valence-corrected chi connectivity index (χ0v) is 39.3. The topological polar surface area (TPSA) is 168 Å². The first kappa shape index (κ1) is 50.1. The lowest BCUT2D eigenvalue weighted by Crippen LogP contribution is -2.40. The molecule has 2 heterocycles. The van der Waals surface area contributed by atoms with Gasteiger partial charge in [0.1, 0.15) is 0 Å². The number of aliphatic hydroxyl groups is 4. The van der Waals surface area contributed by atoms with E-state index in [-0.39, 0.29) is 76.3 Å². The zero-order chi connectivity index (χ0) is 44.8. The number of carbonyl (C=O) groups is 4. The first-order chi connectivity index (χ1) is 28.7. The molecule has 0 bridgehead atoms. The minimum Gasteiger partial charge on any atom is -0.396 e. The maximum Gasteiger partial charge on any atom is 0.317 e. The van der Waals surface area contributed by atoms with Crippen LogP contribution in [0.3, 0.4) is 0 Å². The van der Waals surface area contributed by atoms with Gasteiger partial charge in [-0.3, -0.25) is 19.2 Å². The van der Waals surface area contributed by atoms with E-state index in [1.54, 1.807) is 0 Å². The molecule has 6 saturated carbocycles. The molecule has 5 atom stereocenters. The van der Waals surface area contributed by atoms with Crippen molar-refractivity contribution in [2.75, 3.05) is 13.2 Å². The molecule has 8 rings (SSSR count). The van der Waals surface area contributed by atoms with Crippen LogP contribution in [0.15, 0.2) is 0 Å². The number of fused-ring (bicyclic) bond motifs is 2. The fraction of sp³-hybridized carbons (Fsp3) is 0.922. The van der Waals surface area contributed by atoms with Crippen LogP contribution in [0.5, 0.6) is 0 Å². The monoisotopic (exact) mass is 867 g/mol. The Kier molecular flexibility index (Phi) is 17.6. The molecule has 6 aliphatic carbocycles. The van der Waals surface area contributed by atoms with Gasteiger partial charge in [0, 0.05) is 18.9 Å². The molecule has 5 unspecified atom stereocenters. The Bertz CT molecular complexity index is 1370. The Labute approximate surface area is 374 Å². The molecule has 2 aliphatic heterocycles. The Morgan fingerprint density at radius 2 is 0.836 bits per heavy atom. The van der Waals surface area contributed by atoms with Gasteiger partial charge in [-0.1, -0.05) is 61.3 Å². The molecule has 4 N–H and O–H groups in total. The van der Waals surface area contributed by atoms with Crippen molar-refractivity contribution in [3.8, 4) is 0 Å². The SMILES string of the molecule is CC(C)(C1CCC(O)CC1)C1CCC(O)CC1.CC(C)(CO)C1CCC2(CC1)CCC(C(C)(C)CO)CC2.CC1CCC2C(=O)OC(=O)C2C1.O=C1OC(=O)C2CCCCC12.[HH].[HH].[HH].[HH]. The second kappa shape index (κ2) is 21.4. The lowest BCUT2D eigenvalue weighted by Gasteiger charge is -2.49. The smallest absolute Gasteiger partial charge is 0.317 e. The maximum absolute atomic E-state index is 11.1. The third-order valence-corrected chi connectivity index (χ3v) is 18.1. The maximum atomic E-state index is 11.1. The highest BCUT2D eigenvalue weighted by molar-refractivity contribution is 5.97. The number of cyclic esters (lactones) is 4. The van der Waals surface area contributed by atoms with E-state index in [0.717, 1.165) is 82.5 Å². The minimum absolute atomic E-state index is 0. The highest BCUT2D eigenvalue weighted by atomic mass is 16.6. The lowest BCUT2D eigenvalue weighted by molar-refractivity contribution is -0.155. The summed E-state index contributed by atoms with van der Waals surface area (Å²) in [6, 6.07) is 0. The van der Waals surface area contributed by atoms with E-state index in [4.69, 9.17) is 0 Å². The number of ether oxygens (including phenoxy) is 2. The van der Waals surface area contributed by atoms with Gasteiger partial charge in [-0.15, -0.1) is 0 Å². The molecule has 10 heteroatoms. The van der Waals surface area contributed by atoms with E-state index in [2.05, 4.69) is 57.9 Å². The van der Waals surface area contributed by atoms with Crippen LogP contribution in [0.4, 0.5) is 0 Å². The highest BCUT2D eigenvalue weighted by Crippen LogP contribution is 2.55. The molecule has 0 aromatic heterocycles. The second-order valence-electron chi connectivity index (χ2n) is 23.3. The van der Waals surface area contributed by atoms with Crippen molar-refractivity contribution < 1.29 is 54.8 Å². The van der Waals surface area contributed by atoms with Crippen molar-refractivity contribution in [1.82, 2.24) is 0 Å². The van der Waals surface area contributed by atoms with Crippen molar-refractivity contribution in [2.45, 2.75) is 208 Å². The fourth-order valence-electron chi connectivity index (χ4n) is 12.9. The third-order valence-electron chi connectivity index (χ3n) is 18.1. The summed E-state index contributed by atoms with van der Waals surface area (Å²) in [5.74, 6) is 1.87. The lowest BCUT2D eigenvalue weighted by atomic mass is 9.56. The summed E-state index contributed by atoms with van der Waals surface area (Å²) >= 11 is 0. The number of rotatable bonds is 6. The predicted octanol–water partition coefficient (Wildman–Crippen LogP) is 10.5. The molecule has 0 aromatic rings. The average Bonchev–Trinajstić information content (AvgIpc) is 3.70. The normalized spacial score (nSPS) is 38.0. The van der Waals surface area contributed by atoms with Crippen molar-refractivity contribution in [2.24, 2.45) is 74.9 Å². The summed E-state index contributed by atoms with van der Waals surface area (Å²) in [5.41, 5.74) is 1.17. The van der Waals surface area contributed by atoms with Crippen molar-refractivity contribution in [3.63, 3.8) is 0 Å². The molecular weight excluding hydrogens is 773 g/mol. The highest BCUT2D eigenvalue weighted by Gasteiger charge is 2.48. The molecule has 0 radical (unpaired) electrons. The Hall–Kier alpha value is -1.88. The second-order valence-corrected chi connectivity index (χ2v) is 23.3. The molecule has 0 amide bonds. The molecule has 2 saturated heterocycles. The van der Waals surface area contributed by atoms with Crippen LogP contribution in [0, 0.1) is 74.9 Å². The first-order valence-electron chi connectivity index (χ1n) is 24.8. The van der Waals surface area contributed by atoms with E-state index in [9.17, 15) is 39.6 Å². The van der Waals surface area contributed by atoms with E-state index in [1.807, 2.05) is 0 Å². The van der Waals surface area contributed by atoms with E-state index < -0.39 is 0 Å². The minimum atomic E-state index is -0.295. The molecule has 61 heavy (non-hydrogen) atoms. The van der Waals surface area contributed by atoms with Gasteiger partial charge in [0.25, 0.3) is 0 Å². The Morgan fingerprint density at radius 1 is 0.492 bits per heavy atom. The largest absolute Gasteiger partial charge is 0.396 e. The van der Waals surface area contributed by atoms with Crippen LogP contribution < -0.4 is 0 Å². The average molecular weight is 867 g/mol. The number of esters is 4. The summed E-state index contributed by atoms with van der Waals surface area (Å²) < 4.78 is 9.11. The van der Waals surface area contributed by atoms with Gasteiger partial charge in [-0.2, -0.15) is 0 Å². The summed E-state index contributed by atoms with van der Waals surface area (Å²) in [4.78, 5) is 44.2. The fourth-order valence-corrected chi connectivity index (χ4v) is 12.9. The van der Waals surface area contributed by atoms with Crippen LogP contribution in [0.1, 0.15) is 202 Å². The van der Waals surface area contributed by atoms with Crippen molar-refractivity contribution >= 4 is 23.9 Å². The zero-order valence-electron chi connectivity index (χ0n) is 39.3. The summed E-state index contributed by atoms with van der Waals surface area (Å²) in [6.45, 7) is 16.5. The first-order valence-corrected chi connectivity index (χ1v) is 24.8. The van der Waals surface area contributed by atoms with E-state index in [0.29, 0.717) is 41.8 Å². The van der Waals surface area contributed by atoms with Gasteiger partial charge in [0.2, 0.25) is 0 Å². The molecule has 358 valence electrons. The molecule has 10 nitrogen and oxygen atoms in total. The van der Waals surface area contributed by atoms with Crippen molar-refractivity contribution in [1.29, 1.82) is 0 Å². The van der Waals surface area contributed by atoms with Crippen LogP contribution in [0.2, 0.25) is 0 Å². The van der Waals surface area contributed by atoms with Crippen LogP contribution in [-0.2, 0) is 28.7 Å². The Balaban J connectivity index is 0.000000436. The molecular formula is C51H94O10. The van der Waals surface area contributed by atoms with Gasteiger partial charge >= 0.3 is 23.9 Å². The van der Waals surface area contributed by atoms with Crippen molar-refractivity contribution in [3.05, 3.63) is 0 Å². The number of aliphatic hydroxyl groups excluding tert-OH is 4. The summed E-state index contributed by atoms with van der Waals surface area (Å²) in [5, 5.41) is 38.4. The quantitative estimate of drug-likeness (QED) is 0.149. The summed E-state index contributed by atoms with van der Waals surface area (Å²) in [6.07, 6.45) is 25.7. The van der Waals surface area contributed by atoms with Gasteiger partial charge in [-0.25, -0.2) is 0 Å². The van der Waals surface area contributed by atoms with Gasteiger partial charge in [-0.05, 0) is 186 Å². The molecule has 8 aliphatic rings. The van der Waals surface area contributed by atoms with E-state index >= 15 is 0 Å². The summed E-state index contributed by atoms with van der Waals surface area (Å²) in [7, 11) is 0. The number of hydrogen-bond donors (Lipinski definition) is 4. The predicted molar refractivity (Wildman–Crippen MR) is 244 cm³/mol. The molecule has 8 fully saturated rings. The number of carbonyl (C=O) groups excluding carboxylic acids is 4. The van der Waals surface area contributed by atoms with E-state index in [1.165, 1.54) is 77.0 Å². The number of hydrogen-bond acceptors (Lipinski definition) is 10. The van der Waals surface area contributed by atoms with Crippen LogP contribution >= 0.6 is 0 Å². The van der Waals surface area contributed by atoms with Gasteiger partial charge in [0.05, 0.1) is 35.9 Å². The molecule has 1 spiro atoms. The van der Waals surface area contributed by atoms with Crippen LogP contribution in [-0.4, -0.2) is 69.7 Å². The van der Waals surface area contributed by atoms with Crippen LogP contribution in [0.25, 0.3) is 0 Å². The standard InChI is InChI=1S/C19H36O2.C15H28O2.C9H12O3.C8H10O3.4H2/c1-17(2,13-20)15-5-9-19(10-6-15)11-7-16(8-12-19)18(3,4)14-21;1-15(2,11-3-7-13(16)8-4-11)12-5-9-14(17)10-6-12;1-5-2-3-6-7(4-5)9(11)12-8(6)10;9-7-5-3-1-2-4-6(5)8(10)11-7;;;;/h15-16,20-21H,5-14H2,1-4H3;11-14,16-17H,3-10H2,1-2H3;5-7H,2-4H2,1H3;5-6H,1-4H2;4*1H. The third kappa shape index (κ3) is 12.7. The Morgan fingerprint density at radius 3 is 1.20 bits per heavy atom. The van der Waals surface area contributed by atoms with Gasteiger partial charge < -0.3 is 29.9 Å². The van der Waals surface area contributed by atoms with Gasteiger partial charge in [0.15, 0.2) is 0 Å². The molecule has 0 aromatic carbocycles.